The minimum atomic E-state index is 0. The summed E-state index contributed by atoms with van der Waals surface area (Å²) in [4.78, 5) is 13.0. The van der Waals surface area contributed by atoms with Crippen molar-refractivity contribution in [1.29, 1.82) is 0 Å². The van der Waals surface area contributed by atoms with Gasteiger partial charge in [0.1, 0.15) is 0 Å². The van der Waals surface area contributed by atoms with Crippen molar-refractivity contribution < 1.29 is 4.74 Å². The van der Waals surface area contributed by atoms with Crippen LogP contribution in [0, 0.1) is 13.8 Å². The van der Waals surface area contributed by atoms with Gasteiger partial charge in [-0.1, -0.05) is 24.3 Å². The van der Waals surface area contributed by atoms with Gasteiger partial charge in [0.2, 0.25) is 0 Å². The fourth-order valence-electron chi connectivity index (χ4n) is 3.26. The summed E-state index contributed by atoms with van der Waals surface area (Å²) in [5, 5.41) is 7.86. The van der Waals surface area contributed by atoms with Crippen molar-refractivity contribution in [1.82, 2.24) is 20.5 Å². The molecule has 1 aromatic carbocycles. The summed E-state index contributed by atoms with van der Waals surface area (Å²) in [6, 6.07) is 8.73. The smallest absolute Gasteiger partial charge is 0.191 e. The highest BCUT2D eigenvalue weighted by atomic mass is 127. The van der Waals surface area contributed by atoms with E-state index in [0.29, 0.717) is 6.54 Å². The number of morpholine rings is 1. The molecule has 8 heteroatoms. The average molecular weight is 529 g/mol. The molecule has 1 fully saturated rings. The lowest BCUT2D eigenvalue weighted by molar-refractivity contribution is 0.0342. The third-order valence-corrected chi connectivity index (χ3v) is 5.75. The number of hydrogen-bond donors (Lipinski definition) is 2. The number of aromatic nitrogens is 1. The largest absolute Gasteiger partial charge is 0.379 e. The van der Waals surface area contributed by atoms with Gasteiger partial charge in [-0.3, -0.25) is 4.90 Å². The van der Waals surface area contributed by atoms with Crippen molar-refractivity contribution in [3.05, 3.63) is 51.0 Å². The zero-order valence-electron chi connectivity index (χ0n) is 17.5. The van der Waals surface area contributed by atoms with E-state index < -0.39 is 0 Å². The van der Waals surface area contributed by atoms with E-state index in [0.717, 1.165) is 62.6 Å². The van der Waals surface area contributed by atoms with Gasteiger partial charge in [-0.25, -0.2) is 9.98 Å². The van der Waals surface area contributed by atoms with Crippen LogP contribution in [0.1, 0.15) is 33.6 Å². The molecule has 0 bridgehead atoms. The van der Waals surface area contributed by atoms with Gasteiger partial charge in [0.25, 0.3) is 0 Å². The highest BCUT2D eigenvalue weighted by molar-refractivity contribution is 14.0. The normalized spacial score (nSPS) is 15.1. The molecule has 3 rings (SSSR count). The number of halogens is 1. The van der Waals surface area contributed by atoms with Crippen molar-refractivity contribution in [3.63, 3.8) is 0 Å². The second-order valence-corrected chi connectivity index (χ2v) is 8.29. The zero-order chi connectivity index (χ0) is 19.8. The van der Waals surface area contributed by atoms with Gasteiger partial charge in [0.15, 0.2) is 5.96 Å². The number of thiazole rings is 1. The lowest BCUT2D eigenvalue weighted by Crippen LogP contribution is -2.36. The summed E-state index contributed by atoms with van der Waals surface area (Å²) in [5.41, 5.74) is 3.66. The highest BCUT2D eigenvalue weighted by Crippen LogP contribution is 2.16. The van der Waals surface area contributed by atoms with Gasteiger partial charge < -0.3 is 15.4 Å². The molecule has 1 aromatic heterocycles. The molecule has 2 aromatic rings. The van der Waals surface area contributed by atoms with Crippen LogP contribution in [0.5, 0.6) is 0 Å². The average Bonchev–Trinajstić information content (AvgIpc) is 3.02. The summed E-state index contributed by atoms with van der Waals surface area (Å²) in [7, 11) is 0. The van der Waals surface area contributed by atoms with Gasteiger partial charge in [-0.15, -0.1) is 35.3 Å². The van der Waals surface area contributed by atoms with Crippen LogP contribution in [0.15, 0.2) is 29.3 Å². The van der Waals surface area contributed by atoms with E-state index in [1.165, 1.54) is 16.0 Å². The molecule has 6 nitrogen and oxygen atoms in total. The van der Waals surface area contributed by atoms with E-state index in [1.807, 2.05) is 6.92 Å². The maximum absolute atomic E-state index is 5.44. The quantitative estimate of drug-likeness (QED) is 0.327. The molecule has 2 N–H and O–H groups in total. The third kappa shape index (κ3) is 7.84. The molecule has 0 unspecified atom stereocenters. The van der Waals surface area contributed by atoms with Gasteiger partial charge in [-0.2, -0.15) is 0 Å². The van der Waals surface area contributed by atoms with Crippen molar-refractivity contribution >= 4 is 41.3 Å². The number of hydrogen-bond acceptors (Lipinski definition) is 5. The predicted molar refractivity (Wildman–Crippen MR) is 131 cm³/mol. The predicted octanol–water partition coefficient (Wildman–Crippen LogP) is 3.47. The Bertz CT molecular complexity index is 789. The number of nitrogens with zero attached hydrogens (tertiary/aromatic N) is 3. The van der Waals surface area contributed by atoms with Crippen LogP contribution in [0.25, 0.3) is 0 Å². The van der Waals surface area contributed by atoms with Crippen LogP contribution in [-0.2, 0) is 24.4 Å². The van der Waals surface area contributed by atoms with E-state index in [1.54, 1.807) is 11.3 Å². The van der Waals surface area contributed by atoms with Crippen LogP contribution < -0.4 is 10.6 Å². The van der Waals surface area contributed by atoms with E-state index >= 15 is 0 Å². The first-order valence-electron chi connectivity index (χ1n) is 9.97. The number of benzene rings is 1. The molecule has 1 aliphatic heterocycles. The molecule has 0 radical (unpaired) electrons. The molecule has 2 heterocycles. The molecule has 160 valence electrons. The SMILES string of the molecule is CCNC(=NCc1cccc(CN2CCOCC2)c1)NCc1sc(C)nc1C.I. The van der Waals surface area contributed by atoms with Crippen LogP contribution in [-0.4, -0.2) is 48.7 Å². The fraction of sp³-hybridized carbons (Fsp3) is 0.524. The maximum atomic E-state index is 5.44. The molecule has 1 aliphatic rings. The van der Waals surface area contributed by atoms with Gasteiger partial charge in [-0.05, 0) is 31.9 Å². The lowest BCUT2D eigenvalue weighted by atomic mass is 10.1. The highest BCUT2D eigenvalue weighted by Gasteiger charge is 2.11. The summed E-state index contributed by atoms with van der Waals surface area (Å²) in [6.07, 6.45) is 0. The molecular weight excluding hydrogens is 497 g/mol. The standard InChI is InChI=1S/C21H31N5OS.HI/c1-4-22-21(24-14-20-16(2)25-17(3)28-20)23-13-18-6-5-7-19(12-18)15-26-8-10-27-11-9-26;/h5-7,12H,4,8-11,13-15H2,1-3H3,(H2,22,23,24);1H. The number of ether oxygens (including phenoxy) is 1. The van der Waals surface area contributed by atoms with E-state index in [2.05, 4.69) is 58.6 Å². The topological polar surface area (TPSA) is 61.8 Å². The molecular formula is C21H32IN5OS. The minimum Gasteiger partial charge on any atom is -0.379 e. The Morgan fingerprint density at radius 3 is 2.66 bits per heavy atom. The summed E-state index contributed by atoms with van der Waals surface area (Å²) in [5.74, 6) is 0.839. The third-order valence-electron chi connectivity index (χ3n) is 4.68. The number of guanidine groups is 1. The van der Waals surface area contributed by atoms with Crippen molar-refractivity contribution in [2.45, 2.75) is 40.4 Å². The van der Waals surface area contributed by atoms with Gasteiger partial charge in [0, 0.05) is 31.1 Å². The van der Waals surface area contributed by atoms with E-state index in [9.17, 15) is 0 Å². The van der Waals surface area contributed by atoms with Crippen LogP contribution in [0.4, 0.5) is 0 Å². The minimum absolute atomic E-state index is 0. The number of aliphatic imine (C=N–C) groups is 1. The lowest BCUT2D eigenvalue weighted by Gasteiger charge is -2.26. The first-order valence-corrected chi connectivity index (χ1v) is 10.8. The summed E-state index contributed by atoms with van der Waals surface area (Å²) >= 11 is 1.74. The Morgan fingerprint density at radius 1 is 1.21 bits per heavy atom. The van der Waals surface area contributed by atoms with Crippen molar-refractivity contribution in [3.8, 4) is 0 Å². The van der Waals surface area contributed by atoms with Crippen LogP contribution >= 0.6 is 35.3 Å². The van der Waals surface area contributed by atoms with Crippen LogP contribution in [0.3, 0.4) is 0 Å². The Balaban J connectivity index is 0.00000300. The Kier molecular flexibility index (Phi) is 10.3. The Hall–Kier alpha value is -1.23. The van der Waals surface area contributed by atoms with E-state index in [4.69, 9.17) is 9.73 Å². The van der Waals surface area contributed by atoms with Crippen LogP contribution in [0.2, 0.25) is 0 Å². The molecule has 29 heavy (non-hydrogen) atoms. The first-order chi connectivity index (χ1) is 13.6. The molecule has 0 saturated carbocycles. The Morgan fingerprint density at radius 2 is 1.97 bits per heavy atom. The van der Waals surface area contributed by atoms with Gasteiger partial charge in [0.05, 0.1) is 37.0 Å². The number of nitrogens with one attached hydrogen (secondary N) is 2. The fourth-order valence-corrected chi connectivity index (χ4v) is 4.13. The summed E-state index contributed by atoms with van der Waals surface area (Å²) < 4.78 is 5.44. The monoisotopic (exact) mass is 529 g/mol. The first kappa shape index (κ1) is 24.0. The van der Waals surface area contributed by atoms with E-state index in [-0.39, 0.29) is 24.0 Å². The molecule has 0 spiro atoms. The second-order valence-electron chi connectivity index (χ2n) is 7.00. The second kappa shape index (κ2) is 12.5. The van der Waals surface area contributed by atoms with Crippen molar-refractivity contribution in [2.75, 3.05) is 32.8 Å². The zero-order valence-corrected chi connectivity index (χ0v) is 20.7. The Labute approximate surface area is 195 Å². The molecule has 0 aliphatic carbocycles. The maximum Gasteiger partial charge on any atom is 0.191 e. The molecule has 0 amide bonds. The number of aryl methyl sites for hydroxylation is 2. The molecule has 1 saturated heterocycles. The van der Waals surface area contributed by atoms with Gasteiger partial charge >= 0.3 is 0 Å². The number of rotatable bonds is 7. The summed E-state index contributed by atoms with van der Waals surface area (Å²) in [6.45, 7) is 13.1. The molecule has 0 atom stereocenters. The van der Waals surface area contributed by atoms with Crippen molar-refractivity contribution in [2.24, 2.45) is 4.99 Å².